The fourth-order valence-electron chi connectivity index (χ4n) is 2.67. The van der Waals surface area contributed by atoms with Crippen molar-refractivity contribution in [2.24, 2.45) is 11.7 Å². The van der Waals surface area contributed by atoms with Gasteiger partial charge in [-0.3, -0.25) is 0 Å². The van der Waals surface area contributed by atoms with Crippen LogP contribution in [0.3, 0.4) is 0 Å². The zero-order valence-corrected chi connectivity index (χ0v) is 11.1. The number of hydrogen-bond donors (Lipinski definition) is 1. The molecule has 2 aliphatic rings. The van der Waals surface area contributed by atoms with Crippen LogP contribution in [0.2, 0.25) is 0 Å². The van der Waals surface area contributed by atoms with Gasteiger partial charge in [0.25, 0.3) is 0 Å². The summed E-state index contributed by atoms with van der Waals surface area (Å²) in [5.41, 5.74) is 7.56. The van der Waals surface area contributed by atoms with E-state index in [0.29, 0.717) is 0 Å². The molecule has 98 valence electrons. The van der Waals surface area contributed by atoms with Crippen molar-refractivity contribution in [3.8, 4) is 0 Å². The van der Waals surface area contributed by atoms with Gasteiger partial charge in [-0.25, -0.2) is 0 Å². The van der Waals surface area contributed by atoms with Gasteiger partial charge in [0.15, 0.2) is 0 Å². The lowest BCUT2D eigenvalue weighted by Crippen LogP contribution is -2.31. The smallest absolute Gasteiger partial charge is 0.0307 e. The summed E-state index contributed by atoms with van der Waals surface area (Å²) < 4.78 is 0. The summed E-state index contributed by atoms with van der Waals surface area (Å²) in [6.45, 7) is 2.50. The maximum Gasteiger partial charge on any atom is 0.0307 e. The zero-order chi connectivity index (χ0) is 12.4. The van der Waals surface area contributed by atoms with E-state index in [-0.39, 0.29) is 6.04 Å². The summed E-state index contributed by atoms with van der Waals surface area (Å²) in [4.78, 5) is 2.69. The summed E-state index contributed by atoms with van der Waals surface area (Å²) >= 11 is 0. The molecule has 0 radical (unpaired) electrons. The predicted molar refractivity (Wildman–Crippen MR) is 75.3 cm³/mol. The van der Waals surface area contributed by atoms with Crippen LogP contribution in [0.15, 0.2) is 30.3 Å². The third kappa shape index (κ3) is 3.33. The maximum absolute atomic E-state index is 6.28. The van der Waals surface area contributed by atoms with E-state index in [1.807, 2.05) is 0 Å². The Balaban J connectivity index is 1.49. The van der Waals surface area contributed by atoms with Crippen LogP contribution in [0.1, 0.15) is 43.7 Å². The van der Waals surface area contributed by atoms with E-state index in [0.717, 1.165) is 18.4 Å². The van der Waals surface area contributed by atoms with Crippen molar-refractivity contribution in [1.82, 2.24) is 4.90 Å². The van der Waals surface area contributed by atoms with Gasteiger partial charge in [0.2, 0.25) is 0 Å². The maximum atomic E-state index is 6.28. The Morgan fingerprint density at radius 1 is 1.11 bits per heavy atom. The van der Waals surface area contributed by atoms with Gasteiger partial charge in [0.05, 0.1) is 0 Å². The second-order valence-electron chi connectivity index (χ2n) is 5.98. The number of hydrogen-bond acceptors (Lipinski definition) is 2. The third-order valence-electron chi connectivity index (χ3n) is 4.21. The van der Waals surface area contributed by atoms with Gasteiger partial charge >= 0.3 is 0 Å². The Morgan fingerprint density at radius 3 is 2.44 bits per heavy atom. The third-order valence-corrected chi connectivity index (χ3v) is 4.21. The molecule has 2 fully saturated rings. The number of rotatable bonds is 7. The Labute approximate surface area is 110 Å². The van der Waals surface area contributed by atoms with E-state index in [4.69, 9.17) is 5.73 Å². The molecule has 2 N–H and O–H groups in total. The summed E-state index contributed by atoms with van der Waals surface area (Å²) in [6.07, 6.45) is 6.82. The first-order chi connectivity index (χ1) is 8.83. The highest BCUT2D eigenvalue weighted by Crippen LogP contribution is 2.35. The molecule has 1 unspecified atom stereocenters. The Kier molecular flexibility index (Phi) is 3.67. The number of nitrogens with two attached hydrogens (primary N) is 1. The first kappa shape index (κ1) is 12.2. The highest BCUT2D eigenvalue weighted by Gasteiger charge is 2.33. The van der Waals surface area contributed by atoms with Crippen LogP contribution in [-0.4, -0.2) is 24.0 Å². The average Bonchev–Trinajstić information content (AvgIpc) is 3.28. The molecule has 18 heavy (non-hydrogen) atoms. The largest absolute Gasteiger partial charge is 0.324 e. The van der Waals surface area contributed by atoms with Crippen molar-refractivity contribution in [2.75, 3.05) is 13.1 Å². The Hall–Kier alpha value is -0.860. The lowest BCUT2D eigenvalue weighted by atomic mass is 10.0. The summed E-state index contributed by atoms with van der Waals surface area (Å²) in [5, 5.41) is 0. The second-order valence-corrected chi connectivity index (χ2v) is 5.98. The van der Waals surface area contributed by atoms with E-state index in [2.05, 4.69) is 35.2 Å². The van der Waals surface area contributed by atoms with Gasteiger partial charge in [-0.2, -0.15) is 0 Å². The van der Waals surface area contributed by atoms with E-state index < -0.39 is 0 Å². The molecular weight excluding hydrogens is 220 g/mol. The molecule has 2 heteroatoms. The lowest BCUT2D eigenvalue weighted by Gasteiger charge is -2.23. The quantitative estimate of drug-likeness (QED) is 0.799. The highest BCUT2D eigenvalue weighted by molar-refractivity contribution is 5.18. The minimum Gasteiger partial charge on any atom is -0.324 e. The number of benzene rings is 1. The summed E-state index contributed by atoms with van der Waals surface area (Å²) in [5.74, 6) is 0.999. The lowest BCUT2D eigenvalue weighted by molar-refractivity contribution is 0.243. The first-order valence-electron chi connectivity index (χ1n) is 7.37. The molecule has 0 bridgehead atoms. The molecule has 1 aromatic carbocycles. The predicted octanol–water partition coefficient (Wildman–Crippen LogP) is 2.95. The van der Waals surface area contributed by atoms with Gasteiger partial charge in [-0.05, 0) is 43.6 Å². The van der Waals surface area contributed by atoms with Crippen molar-refractivity contribution in [3.63, 3.8) is 0 Å². The highest BCUT2D eigenvalue weighted by atomic mass is 15.2. The molecule has 1 atom stereocenters. The van der Waals surface area contributed by atoms with E-state index >= 15 is 0 Å². The molecule has 3 rings (SSSR count). The van der Waals surface area contributed by atoms with Crippen LogP contribution in [0, 0.1) is 5.92 Å². The van der Waals surface area contributed by atoms with Gasteiger partial charge in [-0.1, -0.05) is 30.3 Å². The van der Waals surface area contributed by atoms with Crippen LogP contribution in [-0.2, 0) is 0 Å². The summed E-state index contributed by atoms with van der Waals surface area (Å²) in [6, 6.07) is 11.6. The SMILES string of the molecule is NC(CCN(CC1CC1)C1CC1)c1ccccc1. The molecule has 1 aromatic rings. The molecule has 0 aromatic heterocycles. The van der Waals surface area contributed by atoms with Gasteiger partial charge < -0.3 is 10.6 Å². The van der Waals surface area contributed by atoms with Crippen LogP contribution in [0.25, 0.3) is 0 Å². The van der Waals surface area contributed by atoms with Crippen molar-refractivity contribution < 1.29 is 0 Å². The zero-order valence-electron chi connectivity index (χ0n) is 11.1. The first-order valence-corrected chi connectivity index (χ1v) is 7.37. The second kappa shape index (κ2) is 5.41. The fourth-order valence-corrected chi connectivity index (χ4v) is 2.67. The van der Waals surface area contributed by atoms with Crippen molar-refractivity contribution in [2.45, 2.75) is 44.2 Å². The Bertz CT molecular complexity index is 368. The van der Waals surface area contributed by atoms with Crippen LogP contribution < -0.4 is 5.73 Å². The molecular formula is C16H24N2. The van der Waals surface area contributed by atoms with Gasteiger partial charge in [-0.15, -0.1) is 0 Å². The fraction of sp³-hybridized carbons (Fsp3) is 0.625. The molecule has 0 aliphatic heterocycles. The van der Waals surface area contributed by atoms with Crippen LogP contribution in [0.4, 0.5) is 0 Å². The summed E-state index contributed by atoms with van der Waals surface area (Å²) in [7, 11) is 0. The average molecular weight is 244 g/mol. The molecule has 2 saturated carbocycles. The minimum absolute atomic E-state index is 0.201. The van der Waals surface area contributed by atoms with E-state index in [1.54, 1.807) is 0 Å². The van der Waals surface area contributed by atoms with E-state index in [9.17, 15) is 0 Å². The van der Waals surface area contributed by atoms with Gasteiger partial charge in [0.1, 0.15) is 0 Å². The van der Waals surface area contributed by atoms with E-state index in [1.165, 1.54) is 44.3 Å². The molecule has 0 spiro atoms. The topological polar surface area (TPSA) is 29.3 Å². The minimum atomic E-state index is 0.201. The van der Waals surface area contributed by atoms with Gasteiger partial charge in [0, 0.05) is 25.2 Å². The standard InChI is InChI=1S/C16H24N2/c17-16(14-4-2-1-3-5-14)10-11-18(15-8-9-15)12-13-6-7-13/h1-5,13,15-16H,6-12,17H2. The monoisotopic (exact) mass is 244 g/mol. The van der Waals surface area contributed by atoms with Crippen LogP contribution in [0.5, 0.6) is 0 Å². The molecule has 0 amide bonds. The molecule has 0 saturated heterocycles. The Morgan fingerprint density at radius 2 is 1.83 bits per heavy atom. The van der Waals surface area contributed by atoms with Crippen LogP contribution >= 0.6 is 0 Å². The molecule has 2 nitrogen and oxygen atoms in total. The van der Waals surface area contributed by atoms with Crippen molar-refractivity contribution in [1.29, 1.82) is 0 Å². The normalized spacial score (nSPS) is 21.2. The van der Waals surface area contributed by atoms with Crippen molar-refractivity contribution in [3.05, 3.63) is 35.9 Å². The number of nitrogens with zero attached hydrogens (tertiary/aromatic N) is 1. The van der Waals surface area contributed by atoms with Crippen molar-refractivity contribution >= 4 is 0 Å². The molecule has 2 aliphatic carbocycles. The molecule has 0 heterocycles.